The number of hydrogen-bond acceptors (Lipinski definition) is 3. The van der Waals surface area contributed by atoms with E-state index in [4.69, 9.17) is 4.74 Å². The summed E-state index contributed by atoms with van der Waals surface area (Å²) in [5.41, 5.74) is 7.24. The summed E-state index contributed by atoms with van der Waals surface area (Å²) >= 11 is 0. The lowest BCUT2D eigenvalue weighted by molar-refractivity contribution is -0.149. The number of hydrazine groups is 1. The van der Waals surface area contributed by atoms with Crippen molar-refractivity contribution in [2.45, 2.75) is 44.9 Å². The van der Waals surface area contributed by atoms with E-state index in [0.717, 1.165) is 31.2 Å². The van der Waals surface area contributed by atoms with E-state index >= 15 is 0 Å². The van der Waals surface area contributed by atoms with Crippen molar-refractivity contribution in [3.8, 4) is 5.75 Å². The highest BCUT2D eigenvalue weighted by atomic mass is 16.5. The highest BCUT2D eigenvalue weighted by Crippen LogP contribution is 2.60. The Bertz CT molecular complexity index is 921. The van der Waals surface area contributed by atoms with Gasteiger partial charge in [0.1, 0.15) is 5.75 Å². The van der Waals surface area contributed by atoms with Crippen molar-refractivity contribution in [2.24, 2.45) is 23.2 Å². The first kappa shape index (κ1) is 20.1. The van der Waals surface area contributed by atoms with Gasteiger partial charge in [-0.15, -0.1) is 0 Å². The highest BCUT2D eigenvalue weighted by Gasteiger charge is 2.54. The van der Waals surface area contributed by atoms with E-state index in [1.54, 1.807) is 0 Å². The second kappa shape index (κ2) is 8.37. The van der Waals surface area contributed by atoms with Crippen molar-refractivity contribution >= 4 is 11.8 Å². The SMILES string of the molecule is O=C(COc1ccccc1Cc1ccccc1)NNC(=O)C12CC3CC(CC(C3)C1)C2. The molecule has 4 saturated carbocycles. The molecule has 4 aliphatic rings. The van der Waals surface area contributed by atoms with Crippen LogP contribution < -0.4 is 15.6 Å². The molecule has 2 aromatic rings. The maximum absolute atomic E-state index is 13.0. The number of para-hydroxylation sites is 1. The zero-order valence-corrected chi connectivity index (χ0v) is 17.8. The van der Waals surface area contributed by atoms with Crippen LogP contribution in [0, 0.1) is 23.2 Å². The molecule has 4 fully saturated rings. The number of carbonyl (C=O) groups excluding carboxylic acids is 2. The predicted octanol–water partition coefficient (Wildman–Crippen LogP) is 4.02. The zero-order chi connectivity index (χ0) is 21.3. The number of rotatable bonds is 6. The van der Waals surface area contributed by atoms with Gasteiger partial charge in [-0.2, -0.15) is 0 Å². The molecule has 4 aliphatic carbocycles. The van der Waals surface area contributed by atoms with Crippen LogP contribution in [0.25, 0.3) is 0 Å². The molecule has 162 valence electrons. The fourth-order valence-electron chi connectivity index (χ4n) is 6.43. The Balaban J connectivity index is 1.14. The molecular weight excluding hydrogens is 388 g/mol. The lowest BCUT2D eigenvalue weighted by atomic mass is 9.49. The summed E-state index contributed by atoms with van der Waals surface area (Å²) in [6.45, 7) is -0.132. The Morgan fingerprint density at radius 3 is 2.13 bits per heavy atom. The average molecular weight is 419 g/mol. The van der Waals surface area contributed by atoms with Gasteiger partial charge < -0.3 is 4.74 Å². The van der Waals surface area contributed by atoms with Crippen molar-refractivity contribution < 1.29 is 14.3 Å². The molecule has 0 aromatic heterocycles. The van der Waals surface area contributed by atoms with Gasteiger partial charge in [0.15, 0.2) is 6.61 Å². The normalized spacial score (nSPS) is 28.2. The number of amides is 2. The van der Waals surface area contributed by atoms with Crippen molar-refractivity contribution in [2.75, 3.05) is 6.61 Å². The molecule has 4 bridgehead atoms. The molecule has 2 amide bonds. The van der Waals surface area contributed by atoms with Gasteiger partial charge in [-0.3, -0.25) is 20.4 Å². The first-order chi connectivity index (χ1) is 15.1. The summed E-state index contributed by atoms with van der Waals surface area (Å²) in [6.07, 6.45) is 7.53. The fourth-order valence-corrected chi connectivity index (χ4v) is 6.43. The first-order valence-electron chi connectivity index (χ1n) is 11.4. The number of ether oxygens (including phenoxy) is 1. The minimum Gasteiger partial charge on any atom is -0.483 e. The molecule has 5 heteroatoms. The molecule has 0 spiro atoms. The molecule has 0 heterocycles. The average Bonchev–Trinajstić information content (AvgIpc) is 2.76. The summed E-state index contributed by atoms with van der Waals surface area (Å²) in [5.74, 6) is 2.41. The molecule has 0 atom stereocenters. The molecule has 2 N–H and O–H groups in total. The van der Waals surface area contributed by atoms with Gasteiger partial charge >= 0.3 is 0 Å². The quantitative estimate of drug-likeness (QED) is 0.697. The van der Waals surface area contributed by atoms with Gasteiger partial charge in [0, 0.05) is 6.42 Å². The van der Waals surface area contributed by atoms with E-state index < -0.39 is 0 Å². The summed E-state index contributed by atoms with van der Waals surface area (Å²) in [5, 5.41) is 0. The molecular formula is C26H30N2O3. The molecule has 6 rings (SSSR count). The highest BCUT2D eigenvalue weighted by molar-refractivity contribution is 5.86. The maximum Gasteiger partial charge on any atom is 0.276 e. The monoisotopic (exact) mass is 418 g/mol. The van der Waals surface area contributed by atoms with Crippen LogP contribution in [-0.4, -0.2) is 18.4 Å². The number of benzene rings is 2. The minimum absolute atomic E-state index is 0.00979. The van der Waals surface area contributed by atoms with Crippen LogP contribution in [0.5, 0.6) is 5.75 Å². The van der Waals surface area contributed by atoms with Crippen LogP contribution in [0.4, 0.5) is 0 Å². The molecule has 5 nitrogen and oxygen atoms in total. The number of carbonyl (C=O) groups is 2. The van der Waals surface area contributed by atoms with E-state index in [9.17, 15) is 9.59 Å². The Hall–Kier alpha value is -2.82. The third-order valence-electron chi connectivity index (χ3n) is 7.40. The molecule has 0 aliphatic heterocycles. The Morgan fingerprint density at radius 1 is 0.839 bits per heavy atom. The van der Waals surface area contributed by atoms with Gasteiger partial charge in [0.2, 0.25) is 5.91 Å². The van der Waals surface area contributed by atoms with Gasteiger partial charge in [-0.05, 0) is 73.5 Å². The Labute approximate surface area is 183 Å². The number of hydrogen-bond donors (Lipinski definition) is 2. The summed E-state index contributed by atoms with van der Waals surface area (Å²) in [7, 11) is 0. The molecule has 0 saturated heterocycles. The van der Waals surface area contributed by atoms with E-state index in [1.165, 1.54) is 24.8 Å². The van der Waals surface area contributed by atoms with Gasteiger partial charge in [0.25, 0.3) is 5.91 Å². The van der Waals surface area contributed by atoms with E-state index in [0.29, 0.717) is 23.5 Å². The Kier molecular flexibility index (Phi) is 5.43. The maximum atomic E-state index is 13.0. The smallest absolute Gasteiger partial charge is 0.276 e. The zero-order valence-electron chi connectivity index (χ0n) is 17.8. The summed E-state index contributed by atoms with van der Waals surface area (Å²) < 4.78 is 5.79. The molecule has 2 aromatic carbocycles. The van der Waals surface area contributed by atoms with E-state index in [1.807, 2.05) is 42.5 Å². The summed E-state index contributed by atoms with van der Waals surface area (Å²) in [4.78, 5) is 25.3. The third-order valence-corrected chi connectivity index (χ3v) is 7.40. The topological polar surface area (TPSA) is 67.4 Å². The number of nitrogens with one attached hydrogen (secondary N) is 2. The van der Waals surface area contributed by atoms with Crippen molar-refractivity contribution in [3.05, 3.63) is 65.7 Å². The second-order valence-electron chi connectivity index (χ2n) is 9.76. The van der Waals surface area contributed by atoms with E-state index in [-0.39, 0.29) is 23.8 Å². The third kappa shape index (κ3) is 4.32. The molecule has 0 radical (unpaired) electrons. The van der Waals surface area contributed by atoms with Crippen molar-refractivity contribution in [1.82, 2.24) is 10.9 Å². The lowest BCUT2D eigenvalue weighted by Gasteiger charge is -2.55. The molecule has 0 unspecified atom stereocenters. The van der Waals surface area contributed by atoms with Crippen molar-refractivity contribution in [1.29, 1.82) is 0 Å². The van der Waals surface area contributed by atoms with Gasteiger partial charge in [-0.1, -0.05) is 48.5 Å². The van der Waals surface area contributed by atoms with Crippen LogP contribution in [-0.2, 0) is 16.0 Å². The fraction of sp³-hybridized carbons (Fsp3) is 0.462. The van der Waals surface area contributed by atoms with Gasteiger partial charge in [0.05, 0.1) is 5.41 Å². The standard InChI is InChI=1S/C26H30N2O3/c29-24(17-31-23-9-5-4-8-22(23)13-18-6-2-1-3-7-18)27-28-25(30)26-14-19-10-20(15-26)12-21(11-19)16-26/h1-9,19-21H,10-17H2,(H,27,29)(H,28,30). The van der Waals surface area contributed by atoms with E-state index in [2.05, 4.69) is 23.0 Å². The summed E-state index contributed by atoms with van der Waals surface area (Å²) in [6, 6.07) is 17.9. The van der Waals surface area contributed by atoms with Crippen LogP contribution in [0.1, 0.15) is 49.7 Å². The van der Waals surface area contributed by atoms with Crippen LogP contribution in [0.2, 0.25) is 0 Å². The minimum atomic E-state index is -0.340. The lowest BCUT2D eigenvalue weighted by Crippen LogP contribution is -2.57. The van der Waals surface area contributed by atoms with Gasteiger partial charge in [-0.25, -0.2) is 0 Å². The largest absolute Gasteiger partial charge is 0.483 e. The Morgan fingerprint density at radius 2 is 1.45 bits per heavy atom. The predicted molar refractivity (Wildman–Crippen MR) is 118 cm³/mol. The second-order valence-corrected chi connectivity index (χ2v) is 9.76. The van der Waals surface area contributed by atoms with Crippen LogP contribution >= 0.6 is 0 Å². The molecule has 31 heavy (non-hydrogen) atoms. The first-order valence-corrected chi connectivity index (χ1v) is 11.4. The van der Waals surface area contributed by atoms with Crippen LogP contribution in [0.15, 0.2) is 54.6 Å². The van der Waals surface area contributed by atoms with Crippen LogP contribution in [0.3, 0.4) is 0 Å². The van der Waals surface area contributed by atoms with Crippen molar-refractivity contribution in [3.63, 3.8) is 0 Å².